The van der Waals surface area contributed by atoms with Crippen molar-refractivity contribution < 1.29 is 4.74 Å². The van der Waals surface area contributed by atoms with E-state index >= 15 is 0 Å². The van der Waals surface area contributed by atoms with Gasteiger partial charge in [0.2, 0.25) is 0 Å². The summed E-state index contributed by atoms with van der Waals surface area (Å²) >= 11 is 5.86. The highest BCUT2D eigenvalue weighted by Crippen LogP contribution is 2.26. The quantitative estimate of drug-likeness (QED) is 0.738. The maximum Gasteiger partial charge on any atom is 0.130 e. The Morgan fingerprint density at radius 2 is 1.85 bits per heavy atom. The Balaban J connectivity index is 1.85. The van der Waals surface area contributed by atoms with E-state index in [4.69, 9.17) is 22.1 Å². The van der Waals surface area contributed by atoms with E-state index in [2.05, 4.69) is 4.98 Å². The molecule has 0 unspecified atom stereocenters. The number of nitrogens with two attached hydrogens (primary N) is 1. The third kappa shape index (κ3) is 2.68. The topological polar surface area (TPSA) is 48.1 Å². The van der Waals surface area contributed by atoms with Crippen molar-refractivity contribution in [1.29, 1.82) is 0 Å². The first-order chi connectivity index (χ1) is 9.72. The summed E-state index contributed by atoms with van der Waals surface area (Å²) in [6, 6.07) is 15.1. The zero-order chi connectivity index (χ0) is 13.9. The highest BCUT2D eigenvalue weighted by molar-refractivity contribution is 6.30. The van der Waals surface area contributed by atoms with Gasteiger partial charge in [-0.3, -0.25) is 4.98 Å². The van der Waals surface area contributed by atoms with E-state index in [9.17, 15) is 0 Å². The minimum absolute atomic E-state index is 0.487. The number of hydrogen-bond acceptors (Lipinski definition) is 3. The molecule has 0 aliphatic heterocycles. The summed E-state index contributed by atoms with van der Waals surface area (Å²) in [5.41, 5.74) is 8.35. The van der Waals surface area contributed by atoms with E-state index < -0.39 is 0 Å². The molecule has 0 spiro atoms. The van der Waals surface area contributed by atoms with Crippen LogP contribution < -0.4 is 10.5 Å². The van der Waals surface area contributed by atoms with Gasteiger partial charge in [0, 0.05) is 22.3 Å². The zero-order valence-corrected chi connectivity index (χ0v) is 11.5. The van der Waals surface area contributed by atoms with Gasteiger partial charge >= 0.3 is 0 Å². The molecule has 100 valence electrons. The molecule has 3 nitrogen and oxygen atoms in total. The van der Waals surface area contributed by atoms with Crippen LogP contribution in [0.1, 0.15) is 5.56 Å². The predicted octanol–water partition coefficient (Wildman–Crippen LogP) is 4.05. The molecular weight excluding hydrogens is 272 g/mol. The number of anilines is 1. The van der Waals surface area contributed by atoms with Gasteiger partial charge in [0.05, 0.1) is 5.52 Å². The summed E-state index contributed by atoms with van der Waals surface area (Å²) in [4.78, 5) is 4.29. The Kier molecular flexibility index (Phi) is 3.44. The van der Waals surface area contributed by atoms with Crippen molar-refractivity contribution in [3.8, 4) is 5.75 Å². The minimum Gasteiger partial charge on any atom is -0.488 e. The maximum absolute atomic E-state index is 5.86. The highest BCUT2D eigenvalue weighted by atomic mass is 35.5. The average molecular weight is 285 g/mol. The van der Waals surface area contributed by atoms with Crippen LogP contribution in [0.5, 0.6) is 5.75 Å². The molecule has 2 aromatic carbocycles. The molecule has 0 aliphatic carbocycles. The van der Waals surface area contributed by atoms with Gasteiger partial charge in [0.25, 0.3) is 0 Å². The Bertz CT molecular complexity index is 741. The van der Waals surface area contributed by atoms with Crippen molar-refractivity contribution >= 4 is 28.2 Å². The van der Waals surface area contributed by atoms with Gasteiger partial charge in [-0.1, -0.05) is 23.7 Å². The Labute approximate surface area is 122 Å². The first-order valence-corrected chi connectivity index (χ1v) is 6.62. The summed E-state index contributed by atoms with van der Waals surface area (Å²) in [6.07, 6.45) is 1.72. The van der Waals surface area contributed by atoms with Gasteiger partial charge < -0.3 is 10.5 Å². The van der Waals surface area contributed by atoms with Crippen molar-refractivity contribution in [3.63, 3.8) is 0 Å². The highest BCUT2D eigenvalue weighted by Gasteiger charge is 2.04. The second-order valence-electron chi connectivity index (χ2n) is 4.50. The number of hydrogen-bond donors (Lipinski definition) is 1. The number of rotatable bonds is 3. The van der Waals surface area contributed by atoms with Crippen LogP contribution in [-0.2, 0) is 6.61 Å². The lowest BCUT2D eigenvalue weighted by molar-refractivity contribution is 0.310. The lowest BCUT2D eigenvalue weighted by Crippen LogP contribution is -1.96. The van der Waals surface area contributed by atoms with E-state index in [-0.39, 0.29) is 0 Å². The van der Waals surface area contributed by atoms with E-state index in [0.29, 0.717) is 12.3 Å². The molecule has 4 heteroatoms. The molecule has 0 fully saturated rings. The second-order valence-corrected chi connectivity index (χ2v) is 4.94. The zero-order valence-electron chi connectivity index (χ0n) is 10.7. The molecule has 0 aliphatic rings. The molecule has 0 radical (unpaired) electrons. The average Bonchev–Trinajstić information content (AvgIpc) is 2.46. The lowest BCUT2D eigenvalue weighted by Gasteiger charge is -2.09. The number of nitrogens with zero attached hydrogens (tertiary/aromatic N) is 1. The molecule has 0 saturated carbocycles. The van der Waals surface area contributed by atoms with Gasteiger partial charge in [-0.05, 0) is 42.0 Å². The number of nitrogen functional groups attached to an aromatic ring is 1. The molecule has 2 N–H and O–H groups in total. The number of ether oxygens (including phenoxy) is 1. The smallest absolute Gasteiger partial charge is 0.130 e. The summed E-state index contributed by atoms with van der Waals surface area (Å²) in [5, 5.41) is 1.68. The van der Waals surface area contributed by atoms with Crippen molar-refractivity contribution in [2.45, 2.75) is 6.61 Å². The molecule has 1 heterocycles. The third-order valence-electron chi connectivity index (χ3n) is 3.03. The van der Waals surface area contributed by atoms with E-state index in [0.717, 1.165) is 27.2 Å². The molecule has 0 bridgehead atoms. The SMILES string of the molecule is Nc1ccc2c(OCc3ccc(Cl)cc3)ccnc2c1. The molecule has 3 aromatic rings. The maximum atomic E-state index is 5.86. The van der Waals surface area contributed by atoms with E-state index in [1.165, 1.54) is 0 Å². The first-order valence-electron chi connectivity index (χ1n) is 6.24. The summed E-state index contributed by atoms with van der Waals surface area (Å²) in [7, 11) is 0. The monoisotopic (exact) mass is 284 g/mol. The Hall–Kier alpha value is -2.26. The minimum atomic E-state index is 0.487. The van der Waals surface area contributed by atoms with Crippen LogP contribution in [0, 0.1) is 0 Å². The Morgan fingerprint density at radius 3 is 2.65 bits per heavy atom. The fraction of sp³-hybridized carbons (Fsp3) is 0.0625. The van der Waals surface area contributed by atoms with Gasteiger partial charge in [-0.2, -0.15) is 0 Å². The third-order valence-corrected chi connectivity index (χ3v) is 3.29. The van der Waals surface area contributed by atoms with Crippen LogP contribution in [0.25, 0.3) is 10.9 Å². The first kappa shape index (κ1) is 12.8. The van der Waals surface area contributed by atoms with Crippen LogP contribution in [-0.4, -0.2) is 4.98 Å². The Morgan fingerprint density at radius 1 is 1.05 bits per heavy atom. The number of aromatic nitrogens is 1. The molecule has 1 aromatic heterocycles. The second kappa shape index (κ2) is 5.39. The van der Waals surface area contributed by atoms with Crippen LogP contribution in [0.3, 0.4) is 0 Å². The van der Waals surface area contributed by atoms with Crippen molar-refractivity contribution in [3.05, 3.63) is 65.3 Å². The molecular formula is C16H13ClN2O. The van der Waals surface area contributed by atoms with E-state index in [1.807, 2.05) is 48.5 Å². The lowest BCUT2D eigenvalue weighted by atomic mass is 10.2. The molecule has 3 rings (SSSR count). The molecule has 0 saturated heterocycles. The fourth-order valence-corrected chi connectivity index (χ4v) is 2.13. The van der Waals surface area contributed by atoms with Gasteiger partial charge in [0.15, 0.2) is 0 Å². The van der Waals surface area contributed by atoms with Crippen LogP contribution in [0.15, 0.2) is 54.7 Å². The van der Waals surface area contributed by atoms with Crippen molar-refractivity contribution in [2.24, 2.45) is 0 Å². The number of halogens is 1. The number of fused-ring (bicyclic) bond motifs is 1. The van der Waals surface area contributed by atoms with Gasteiger partial charge in [-0.25, -0.2) is 0 Å². The predicted molar refractivity (Wildman–Crippen MR) is 81.9 cm³/mol. The number of benzene rings is 2. The van der Waals surface area contributed by atoms with E-state index in [1.54, 1.807) is 6.20 Å². The van der Waals surface area contributed by atoms with Crippen molar-refractivity contribution in [1.82, 2.24) is 4.98 Å². The van der Waals surface area contributed by atoms with Crippen LogP contribution >= 0.6 is 11.6 Å². The van der Waals surface area contributed by atoms with Gasteiger partial charge in [-0.15, -0.1) is 0 Å². The number of pyridine rings is 1. The molecule has 0 amide bonds. The van der Waals surface area contributed by atoms with Crippen LogP contribution in [0.2, 0.25) is 5.02 Å². The van der Waals surface area contributed by atoms with Crippen molar-refractivity contribution in [2.75, 3.05) is 5.73 Å². The summed E-state index contributed by atoms with van der Waals surface area (Å²) in [6.45, 7) is 0.487. The summed E-state index contributed by atoms with van der Waals surface area (Å²) in [5.74, 6) is 0.796. The van der Waals surface area contributed by atoms with Gasteiger partial charge in [0.1, 0.15) is 12.4 Å². The fourth-order valence-electron chi connectivity index (χ4n) is 2.01. The summed E-state index contributed by atoms with van der Waals surface area (Å²) < 4.78 is 5.86. The molecule has 20 heavy (non-hydrogen) atoms. The normalized spacial score (nSPS) is 10.7. The molecule has 0 atom stereocenters. The largest absolute Gasteiger partial charge is 0.488 e. The van der Waals surface area contributed by atoms with Crippen LogP contribution in [0.4, 0.5) is 5.69 Å². The standard InChI is InChI=1S/C16H13ClN2O/c17-12-3-1-11(2-4-12)10-20-16-7-8-19-15-9-13(18)5-6-14(15)16/h1-9H,10,18H2.